The second kappa shape index (κ2) is 9.56. The molecule has 0 spiro atoms. The van der Waals surface area contributed by atoms with E-state index in [1.54, 1.807) is 15.9 Å². The number of nitrogens with zero attached hydrogens (tertiary/aromatic N) is 4. The van der Waals surface area contributed by atoms with Gasteiger partial charge in [-0.3, -0.25) is 4.79 Å². The van der Waals surface area contributed by atoms with Gasteiger partial charge in [-0.05, 0) is 30.3 Å². The van der Waals surface area contributed by atoms with Gasteiger partial charge in [0, 0.05) is 56.9 Å². The van der Waals surface area contributed by atoms with Gasteiger partial charge in [-0.25, -0.2) is 17.2 Å². The molecule has 0 aromatic heterocycles. The van der Waals surface area contributed by atoms with Gasteiger partial charge >= 0.3 is 0 Å². The molecule has 8 nitrogen and oxygen atoms in total. The first-order valence-corrected chi connectivity index (χ1v) is 12.7. The summed E-state index contributed by atoms with van der Waals surface area (Å²) in [5, 5.41) is 8.86. The van der Waals surface area contributed by atoms with Crippen LogP contribution < -0.4 is 9.80 Å². The van der Waals surface area contributed by atoms with Gasteiger partial charge in [0.05, 0.1) is 23.7 Å². The number of benzene rings is 2. The van der Waals surface area contributed by atoms with Crippen LogP contribution in [-0.4, -0.2) is 78.0 Å². The highest BCUT2D eigenvalue weighted by molar-refractivity contribution is 7.90. The molecule has 2 saturated heterocycles. The van der Waals surface area contributed by atoms with Crippen LogP contribution in [-0.2, 0) is 14.6 Å². The van der Waals surface area contributed by atoms with Crippen LogP contribution in [0.25, 0.3) is 0 Å². The predicted molar refractivity (Wildman–Crippen MR) is 122 cm³/mol. The molecule has 2 aliphatic heterocycles. The zero-order valence-electron chi connectivity index (χ0n) is 18.6. The molecule has 11 heteroatoms. The molecule has 0 saturated carbocycles. The summed E-state index contributed by atoms with van der Waals surface area (Å²) in [6.07, 6.45) is 1.10. The minimum absolute atomic E-state index is 0.0648. The molecule has 4 rings (SSSR count). The van der Waals surface area contributed by atoms with E-state index in [1.165, 1.54) is 18.2 Å². The molecule has 2 fully saturated rings. The van der Waals surface area contributed by atoms with E-state index in [0.29, 0.717) is 56.3 Å². The van der Waals surface area contributed by atoms with E-state index in [-0.39, 0.29) is 23.9 Å². The average Bonchev–Trinajstić information content (AvgIpc) is 2.83. The predicted octanol–water partition coefficient (Wildman–Crippen LogP) is 2.04. The first-order valence-electron chi connectivity index (χ1n) is 10.8. The highest BCUT2D eigenvalue weighted by Crippen LogP contribution is 2.28. The van der Waals surface area contributed by atoms with Crippen LogP contribution in [0.3, 0.4) is 0 Å². The largest absolute Gasteiger partial charge is 0.378 e. The first-order chi connectivity index (χ1) is 16.2. The Morgan fingerprint density at radius 3 is 2.15 bits per heavy atom. The maximum absolute atomic E-state index is 14.0. The summed E-state index contributed by atoms with van der Waals surface area (Å²) >= 11 is 0. The summed E-state index contributed by atoms with van der Waals surface area (Å²) in [7, 11) is -3.51. The van der Waals surface area contributed by atoms with Crippen LogP contribution in [0.15, 0.2) is 35.2 Å². The highest BCUT2D eigenvalue weighted by Gasteiger charge is 2.28. The Kier molecular flexibility index (Phi) is 6.72. The van der Waals surface area contributed by atoms with Crippen molar-refractivity contribution in [2.75, 3.05) is 68.5 Å². The number of ether oxygens (including phenoxy) is 1. The van der Waals surface area contributed by atoms with Crippen LogP contribution in [0.2, 0.25) is 0 Å². The fourth-order valence-electron chi connectivity index (χ4n) is 4.18. The van der Waals surface area contributed by atoms with E-state index in [2.05, 4.69) is 0 Å². The van der Waals surface area contributed by atoms with Crippen molar-refractivity contribution < 1.29 is 26.7 Å². The molecule has 2 heterocycles. The van der Waals surface area contributed by atoms with Crippen LogP contribution in [0.5, 0.6) is 0 Å². The fraction of sp³-hybridized carbons (Fsp3) is 0.391. The van der Waals surface area contributed by atoms with Crippen molar-refractivity contribution in [3.05, 3.63) is 53.1 Å². The number of anilines is 2. The lowest BCUT2D eigenvalue weighted by atomic mass is 10.1. The third kappa shape index (κ3) is 4.83. The van der Waals surface area contributed by atoms with Gasteiger partial charge in [0.15, 0.2) is 9.84 Å². The number of piperazine rings is 1. The van der Waals surface area contributed by atoms with E-state index < -0.39 is 27.0 Å². The summed E-state index contributed by atoms with van der Waals surface area (Å²) in [5.41, 5.74) is 0.626. The number of amides is 1. The van der Waals surface area contributed by atoms with E-state index in [9.17, 15) is 22.0 Å². The van der Waals surface area contributed by atoms with Gasteiger partial charge in [0.25, 0.3) is 5.91 Å². The van der Waals surface area contributed by atoms with Crippen molar-refractivity contribution in [3.8, 4) is 6.07 Å². The third-order valence-corrected chi connectivity index (χ3v) is 7.16. The summed E-state index contributed by atoms with van der Waals surface area (Å²) in [6, 6.07) is 8.32. The number of sulfone groups is 1. The molecule has 34 heavy (non-hydrogen) atoms. The molecular formula is C23H24F2N4O4S. The molecule has 2 aliphatic rings. The molecule has 0 aliphatic carbocycles. The van der Waals surface area contributed by atoms with Crippen molar-refractivity contribution in [2.45, 2.75) is 4.90 Å². The number of carbonyl (C=O) groups is 1. The van der Waals surface area contributed by atoms with Crippen LogP contribution in [0.4, 0.5) is 20.2 Å². The van der Waals surface area contributed by atoms with Crippen molar-refractivity contribution >= 4 is 27.1 Å². The Morgan fingerprint density at radius 2 is 1.59 bits per heavy atom. The number of halogens is 2. The number of rotatable bonds is 4. The number of hydrogen-bond donors (Lipinski definition) is 0. The number of carbonyl (C=O) groups excluding carboxylic acids is 1. The number of morpholine rings is 1. The second-order valence-corrected chi connectivity index (χ2v) is 10.2. The van der Waals surface area contributed by atoms with E-state index in [4.69, 9.17) is 10.00 Å². The number of nitriles is 1. The summed E-state index contributed by atoms with van der Waals surface area (Å²) in [6.45, 7) is 3.42. The molecule has 2 aromatic carbocycles. The van der Waals surface area contributed by atoms with E-state index in [0.717, 1.165) is 18.4 Å². The van der Waals surface area contributed by atoms with Crippen LogP contribution >= 0.6 is 0 Å². The van der Waals surface area contributed by atoms with E-state index in [1.807, 2.05) is 4.90 Å². The zero-order valence-corrected chi connectivity index (χ0v) is 19.4. The SMILES string of the molecule is CS(=O)(=O)c1ccc(N2CCOCC2)c(C(=O)N2CCN(c3cc(F)c(C#N)c(F)c3)CC2)c1. The quantitative estimate of drug-likeness (QED) is 0.648. The van der Waals surface area contributed by atoms with Gasteiger partial charge in [0.1, 0.15) is 23.3 Å². The smallest absolute Gasteiger partial charge is 0.256 e. The minimum Gasteiger partial charge on any atom is -0.378 e. The molecular weight excluding hydrogens is 466 g/mol. The van der Waals surface area contributed by atoms with Gasteiger partial charge in [-0.15, -0.1) is 0 Å². The maximum atomic E-state index is 14.0. The molecule has 180 valence electrons. The third-order valence-electron chi connectivity index (χ3n) is 6.05. The Morgan fingerprint density at radius 1 is 0.971 bits per heavy atom. The summed E-state index contributed by atoms with van der Waals surface area (Å²) in [4.78, 5) is 18.9. The molecule has 0 radical (unpaired) electrons. The second-order valence-electron chi connectivity index (χ2n) is 8.23. The molecule has 2 aromatic rings. The van der Waals surface area contributed by atoms with Gasteiger partial charge in [-0.1, -0.05) is 0 Å². The Hall–Kier alpha value is -3.23. The van der Waals surface area contributed by atoms with Crippen LogP contribution in [0, 0.1) is 23.0 Å². The van der Waals surface area contributed by atoms with E-state index >= 15 is 0 Å². The van der Waals surface area contributed by atoms with Crippen molar-refractivity contribution in [2.24, 2.45) is 0 Å². The standard InChI is InChI=1S/C23H24F2N4O4S/c1-34(31,32)17-2-3-22(28-8-10-33-11-9-28)18(14-17)23(30)29-6-4-27(5-7-29)16-12-20(24)19(15-26)21(25)13-16/h2-3,12-14H,4-11H2,1H3. The van der Waals surface area contributed by atoms with Crippen molar-refractivity contribution in [1.29, 1.82) is 5.26 Å². The van der Waals surface area contributed by atoms with Crippen molar-refractivity contribution in [3.63, 3.8) is 0 Å². The van der Waals surface area contributed by atoms with Crippen LogP contribution in [0.1, 0.15) is 15.9 Å². The Balaban J connectivity index is 1.56. The summed E-state index contributed by atoms with van der Waals surface area (Å²) in [5.74, 6) is -2.16. The first kappa shape index (κ1) is 23.9. The molecule has 0 bridgehead atoms. The monoisotopic (exact) mass is 490 g/mol. The molecule has 0 N–H and O–H groups in total. The van der Waals surface area contributed by atoms with Gasteiger partial charge in [-0.2, -0.15) is 5.26 Å². The normalized spacial score (nSPS) is 16.9. The highest BCUT2D eigenvalue weighted by atomic mass is 32.2. The fourth-order valence-corrected chi connectivity index (χ4v) is 4.83. The lowest BCUT2D eigenvalue weighted by Crippen LogP contribution is -2.49. The Labute approximate surface area is 196 Å². The topological polar surface area (TPSA) is 93.9 Å². The van der Waals surface area contributed by atoms with Gasteiger partial charge < -0.3 is 19.4 Å². The molecule has 1 amide bonds. The Bertz CT molecular complexity index is 1230. The van der Waals surface area contributed by atoms with Crippen molar-refractivity contribution in [1.82, 2.24) is 4.90 Å². The molecule has 0 unspecified atom stereocenters. The number of hydrogen-bond acceptors (Lipinski definition) is 7. The van der Waals surface area contributed by atoms with Gasteiger partial charge in [0.2, 0.25) is 0 Å². The average molecular weight is 491 g/mol. The molecule has 0 atom stereocenters. The summed E-state index contributed by atoms with van der Waals surface area (Å²) < 4.78 is 57.7. The maximum Gasteiger partial charge on any atom is 0.256 e. The lowest BCUT2D eigenvalue weighted by Gasteiger charge is -2.37. The lowest BCUT2D eigenvalue weighted by molar-refractivity contribution is 0.0746. The minimum atomic E-state index is -3.51. The zero-order chi connectivity index (χ0) is 24.5.